The van der Waals surface area contributed by atoms with Crippen LogP contribution in [0, 0.1) is 0 Å². The first-order valence-corrected chi connectivity index (χ1v) is 6.56. The molecule has 1 aliphatic carbocycles. The molecule has 0 aromatic heterocycles. The maximum Gasteiger partial charge on any atom is 0.329 e. The van der Waals surface area contributed by atoms with E-state index in [1.165, 1.54) is 0 Å². The van der Waals surface area contributed by atoms with Crippen LogP contribution >= 0.6 is 0 Å². The van der Waals surface area contributed by atoms with Crippen LogP contribution in [0.2, 0.25) is 0 Å². The number of carbonyl (C=O) groups is 3. The Morgan fingerprint density at radius 3 is 2.26 bits per heavy atom. The number of aliphatic carboxylic acids is 1. The molecule has 7 heteroatoms. The van der Waals surface area contributed by atoms with Crippen molar-refractivity contribution in [1.82, 2.24) is 16.0 Å². The fourth-order valence-corrected chi connectivity index (χ4v) is 2.23. The highest BCUT2D eigenvalue weighted by Gasteiger charge is 2.40. The van der Waals surface area contributed by atoms with Crippen LogP contribution in [0.15, 0.2) is 0 Å². The van der Waals surface area contributed by atoms with Crippen LogP contribution in [0.3, 0.4) is 0 Å². The van der Waals surface area contributed by atoms with Crippen LogP contribution in [0.5, 0.6) is 0 Å². The molecule has 1 fully saturated rings. The van der Waals surface area contributed by atoms with Gasteiger partial charge in [0.15, 0.2) is 0 Å². The fraction of sp³-hybridized carbons (Fsp3) is 0.750. The second-order valence-corrected chi connectivity index (χ2v) is 4.71. The van der Waals surface area contributed by atoms with Crippen LogP contribution in [0.4, 0.5) is 4.79 Å². The molecule has 0 unspecified atom stereocenters. The van der Waals surface area contributed by atoms with Gasteiger partial charge in [0, 0.05) is 6.54 Å². The summed E-state index contributed by atoms with van der Waals surface area (Å²) in [6, 6.07) is -0.615. The van der Waals surface area contributed by atoms with E-state index in [1.807, 2.05) is 0 Å². The van der Waals surface area contributed by atoms with Gasteiger partial charge in [-0.05, 0) is 19.8 Å². The van der Waals surface area contributed by atoms with E-state index < -0.39 is 17.5 Å². The van der Waals surface area contributed by atoms with Gasteiger partial charge in [0.1, 0.15) is 5.54 Å². The zero-order valence-electron chi connectivity index (χ0n) is 11.1. The maximum absolute atomic E-state index is 11.7. The summed E-state index contributed by atoms with van der Waals surface area (Å²) in [5.41, 5.74) is -1.19. The van der Waals surface area contributed by atoms with Crippen molar-refractivity contribution in [3.8, 4) is 0 Å². The predicted molar refractivity (Wildman–Crippen MR) is 68.7 cm³/mol. The van der Waals surface area contributed by atoms with Crippen molar-refractivity contribution in [2.45, 2.75) is 44.6 Å². The summed E-state index contributed by atoms with van der Waals surface area (Å²) in [5, 5.41) is 16.7. The van der Waals surface area contributed by atoms with Gasteiger partial charge in [-0.2, -0.15) is 0 Å². The predicted octanol–water partition coefficient (Wildman–Crippen LogP) is 0.209. The number of urea groups is 1. The third kappa shape index (κ3) is 4.42. The van der Waals surface area contributed by atoms with Gasteiger partial charge in [-0.3, -0.25) is 4.79 Å². The highest BCUT2D eigenvalue weighted by Crippen LogP contribution is 2.28. The number of carboxylic acid groups (broad SMARTS) is 1. The molecule has 108 valence electrons. The number of amides is 3. The molecule has 4 N–H and O–H groups in total. The Kier molecular flexibility index (Phi) is 5.59. The van der Waals surface area contributed by atoms with E-state index in [2.05, 4.69) is 16.0 Å². The Bertz CT molecular complexity index is 351. The third-order valence-corrected chi connectivity index (χ3v) is 3.25. The van der Waals surface area contributed by atoms with Crippen LogP contribution in [-0.2, 0) is 9.59 Å². The van der Waals surface area contributed by atoms with Crippen molar-refractivity contribution in [1.29, 1.82) is 0 Å². The summed E-state index contributed by atoms with van der Waals surface area (Å²) >= 11 is 0. The van der Waals surface area contributed by atoms with Crippen molar-refractivity contribution in [2.75, 3.05) is 13.1 Å². The molecule has 0 spiro atoms. The van der Waals surface area contributed by atoms with Gasteiger partial charge in [-0.25, -0.2) is 9.59 Å². The lowest BCUT2D eigenvalue weighted by atomic mass is 9.82. The smallest absolute Gasteiger partial charge is 0.329 e. The molecule has 1 aliphatic rings. The Balaban J connectivity index is 2.48. The topological polar surface area (TPSA) is 108 Å². The van der Waals surface area contributed by atoms with E-state index in [0.717, 1.165) is 19.3 Å². The van der Waals surface area contributed by atoms with Crippen LogP contribution in [0.25, 0.3) is 0 Å². The highest BCUT2D eigenvalue weighted by molar-refractivity contribution is 5.88. The number of likely N-dealkylation sites (N-methyl/N-ethyl adjacent to an activating group) is 1. The van der Waals surface area contributed by atoms with Gasteiger partial charge in [-0.15, -0.1) is 0 Å². The zero-order chi connectivity index (χ0) is 14.3. The van der Waals surface area contributed by atoms with Crippen molar-refractivity contribution in [3.63, 3.8) is 0 Å². The Morgan fingerprint density at radius 2 is 1.74 bits per heavy atom. The first-order valence-electron chi connectivity index (χ1n) is 6.56. The molecule has 1 rings (SSSR count). The average Bonchev–Trinajstić information content (AvgIpc) is 2.38. The highest BCUT2D eigenvalue weighted by atomic mass is 16.4. The van der Waals surface area contributed by atoms with Crippen LogP contribution < -0.4 is 16.0 Å². The largest absolute Gasteiger partial charge is 0.480 e. The second-order valence-electron chi connectivity index (χ2n) is 4.71. The Hall–Kier alpha value is -1.79. The number of carboxylic acids is 1. The van der Waals surface area contributed by atoms with Gasteiger partial charge >= 0.3 is 12.0 Å². The monoisotopic (exact) mass is 271 g/mol. The minimum Gasteiger partial charge on any atom is -0.480 e. The van der Waals surface area contributed by atoms with E-state index in [0.29, 0.717) is 19.4 Å². The molecule has 0 aliphatic heterocycles. The van der Waals surface area contributed by atoms with Crippen molar-refractivity contribution in [2.24, 2.45) is 0 Å². The number of hydrogen-bond donors (Lipinski definition) is 4. The number of carbonyl (C=O) groups excluding carboxylic acids is 2. The molecule has 0 aromatic carbocycles. The number of hydrogen-bond acceptors (Lipinski definition) is 3. The number of rotatable bonds is 5. The molecule has 0 bridgehead atoms. The van der Waals surface area contributed by atoms with E-state index in [9.17, 15) is 19.5 Å². The summed E-state index contributed by atoms with van der Waals surface area (Å²) in [6.07, 6.45) is 3.40. The molecular weight excluding hydrogens is 250 g/mol. The van der Waals surface area contributed by atoms with Gasteiger partial charge in [0.25, 0.3) is 0 Å². The van der Waals surface area contributed by atoms with Gasteiger partial charge in [-0.1, -0.05) is 19.3 Å². The summed E-state index contributed by atoms with van der Waals surface area (Å²) in [7, 11) is 0. The lowest BCUT2D eigenvalue weighted by molar-refractivity contribution is -0.145. The molecule has 0 heterocycles. The standard InChI is InChI=1S/C12H21N3O4/c1-2-13-9(16)8-14-11(19)15-12(10(17)18)6-4-3-5-7-12/h2-8H2,1H3,(H,13,16)(H,17,18)(H2,14,15,19). The Labute approximate surface area is 112 Å². The number of nitrogens with one attached hydrogen (secondary N) is 3. The maximum atomic E-state index is 11.7. The van der Waals surface area contributed by atoms with E-state index >= 15 is 0 Å². The van der Waals surface area contributed by atoms with Crippen molar-refractivity contribution >= 4 is 17.9 Å². The normalized spacial score (nSPS) is 17.3. The molecule has 0 saturated heterocycles. The van der Waals surface area contributed by atoms with Crippen LogP contribution in [-0.4, -0.2) is 41.6 Å². The SMILES string of the molecule is CCNC(=O)CNC(=O)NC1(C(=O)O)CCCCC1. The second kappa shape index (κ2) is 6.96. The average molecular weight is 271 g/mol. The molecule has 1 saturated carbocycles. The molecule has 0 atom stereocenters. The molecule has 19 heavy (non-hydrogen) atoms. The summed E-state index contributed by atoms with van der Waals surface area (Å²) in [4.78, 5) is 34.2. The lowest BCUT2D eigenvalue weighted by Gasteiger charge is -2.33. The van der Waals surface area contributed by atoms with Crippen LogP contribution in [0.1, 0.15) is 39.0 Å². The first kappa shape index (κ1) is 15.3. The quantitative estimate of drug-likeness (QED) is 0.573. The molecule has 7 nitrogen and oxygen atoms in total. The zero-order valence-corrected chi connectivity index (χ0v) is 11.1. The minimum atomic E-state index is -1.19. The van der Waals surface area contributed by atoms with Crippen molar-refractivity contribution in [3.05, 3.63) is 0 Å². The molecule has 0 aromatic rings. The first-order chi connectivity index (χ1) is 9.00. The van der Waals surface area contributed by atoms with E-state index in [-0.39, 0.29) is 12.5 Å². The summed E-state index contributed by atoms with van der Waals surface area (Å²) < 4.78 is 0. The molecular formula is C12H21N3O4. The fourth-order valence-electron chi connectivity index (χ4n) is 2.23. The molecule has 3 amide bonds. The summed E-state index contributed by atoms with van der Waals surface area (Å²) in [6.45, 7) is 2.11. The van der Waals surface area contributed by atoms with Crippen molar-refractivity contribution < 1.29 is 19.5 Å². The van der Waals surface area contributed by atoms with Gasteiger partial charge in [0.2, 0.25) is 5.91 Å². The van der Waals surface area contributed by atoms with Gasteiger partial charge in [0.05, 0.1) is 6.54 Å². The van der Waals surface area contributed by atoms with Gasteiger partial charge < -0.3 is 21.1 Å². The lowest BCUT2D eigenvalue weighted by Crippen LogP contribution is -2.58. The molecule has 0 radical (unpaired) electrons. The third-order valence-electron chi connectivity index (χ3n) is 3.25. The minimum absolute atomic E-state index is 0.157. The van der Waals surface area contributed by atoms with E-state index in [1.54, 1.807) is 6.92 Å². The van der Waals surface area contributed by atoms with E-state index in [4.69, 9.17) is 0 Å². The summed E-state index contributed by atoms with van der Waals surface area (Å²) in [5.74, 6) is -1.31. The Morgan fingerprint density at radius 1 is 1.11 bits per heavy atom.